The van der Waals surface area contributed by atoms with Crippen LogP contribution in [0, 0.1) is 0 Å². The van der Waals surface area contributed by atoms with Crippen LogP contribution in [0.5, 0.6) is 0 Å². The van der Waals surface area contributed by atoms with Crippen molar-refractivity contribution in [2.75, 3.05) is 0 Å². The van der Waals surface area contributed by atoms with Crippen molar-refractivity contribution in [1.82, 2.24) is 14.6 Å². The molecule has 1 unspecified atom stereocenters. The molecule has 96 valence electrons. The third kappa shape index (κ3) is 1.84. The van der Waals surface area contributed by atoms with Gasteiger partial charge < -0.3 is 5.73 Å². The fourth-order valence-corrected chi connectivity index (χ4v) is 2.71. The average Bonchev–Trinajstić information content (AvgIpc) is 2.96. The van der Waals surface area contributed by atoms with Crippen LogP contribution < -0.4 is 11.3 Å². The molecule has 2 heterocycles. The van der Waals surface area contributed by atoms with Crippen LogP contribution in [0.2, 0.25) is 0 Å². The molecule has 3 rings (SSSR count). The molecule has 0 radical (unpaired) electrons. The zero-order chi connectivity index (χ0) is 12.7. The molecule has 0 saturated heterocycles. The molecule has 2 aromatic heterocycles. The largest absolute Gasteiger partial charge is 0.323 e. The van der Waals surface area contributed by atoms with Gasteiger partial charge in [-0.2, -0.15) is 0 Å². The average molecular weight is 246 g/mol. The Hall–Kier alpha value is -1.62. The van der Waals surface area contributed by atoms with Gasteiger partial charge in [0.05, 0.1) is 5.69 Å². The lowest BCUT2D eigenvalue weighted by atomic mass is 10.1. The van der Waals surface area contributed by atoms with Crippen molar-refractivity contribution in [1.29, 1.82) is 0 Å². The maximum absolute atomic E-state index is 12.0. The van der Waals surface area contributed by atoms with E-state index in [1.807, 2.05) is 13.0 Å². The zero-order valence-corrected chi connectivity index (χ0v) is 10.5. The molecule has 1 atom stereocenters. The Morgan fingerprint density at radius 3 is 2.83 bits per heavy atom. The summed E-state index contributed by atoms with van der Waals surface area (Å²) in [6.07, 6.45) is 4.93. The predicted octanol–water partition coefficient (Wildman–Crippen LogP) is 1.70. The van der Waals surface area contributed by atoms with E-state index in [1.165, 1.54) is 36.3 Å². The van der Waals surface area contributed by atoms with Gasteiger partial charge in [0.2, 0.25) is 0 Å². The Kier molecular flexibility index (Phi) is 2.70. The summed E-state index contributed by atoms with van der Waals surface area (Å²) in [4.78, 5) is 16.4. The fraction of sp³-hybridized carbons (Fsp3) is 0.538. The number of nitrogens with zero attached hydrogens (tertiary/aromatic N) is 2. The minimum Gasteiger partial charge on any atom is -0.323 e. The number of fused-ring (bicyclic) bond motifs is 1. The van der Waals surface area contributed by atoms with Gasteiger partial charge in [0, 0.05) is 29.8 Å². The van der Waals surface area contributed by atoms with Gasteiger partial charge in [-0.15, -0.1) is 0 Å². The van der Waals surface area contributed by atoms with Crippen molar-refractivity contribution in [3.63, 3.8) is 0 Å². The van der Waals surface area contributed by atoms with Gasteiger partial charge in [0.25, 0.3) is 5.56 Å². The number of hydrogen-bond donors (Lipinski definition) is 2. The van der Waals surface area contributed by atoms with Crippen LogP contribution in [0.25, 0.3) is 5.65 Å². The summed E-state index contributed by atoms with van der Waals surface area (Å²) in [5.41, 5.74) is 8.15. The molecule has 1 aliphatic rings. The van der Waals surface area contributed by atoms with Crippen molar-refractivity contribution in [2.24, 2.45) is 5.73 Å². The molecule has 1 aliphatic carbocycles. The maximum Gasteiger partial charge on any atom is 0.272 e. The number of H-pyrrole nitrogens is 1. The maximum atomic E-state index is 12.0. The molecular formula is C13H18N4O. The fourth-order valence-electron chi connectivity index (χ4n) is 2.71. The highest BCUT2D eigenvalue weighted by Gasteiger charge is 2.20. The number of aromatic nitrogens is 3. The van der Waals surface area contributed by atoms with E-state index in [0.29, 0.717) is 17.3 Å². The first kappa shape index (κ1) is 11.5. The van der Waals surface area contributed by atoms with Crippen LogP contribution in [0.4, 0.5) is 0 Å². The Labute approximate surface area is 105 Å². The lowest BCUT2D eigenvalue weighted by molar-refractivity contribution is 0.680. The molecule has 0 aliphatic heterocycles. The van der Waals surface area contributed by atoms with Gasteiger partial charge in [-0.3, -0.25) is 9.89 Å². The normalized spacial score (nSPS) is 18.6. The first-order chi connectivity index (χ1) is 8.65. The molecule has 0 amide bonds. The molecule has 2 aromatic rings. The molecule has 0 spiro atoms. The molecular weight excluding hydrogens is 228 g/mol. The summed E-state index contributed by atoms with van der Waals surface area (Å²) in [5.74, 6) is 0.546. The summed E-state index contributed by atoms with van der Waals surface area (Å²) >= 11 is 0. The Bertz CT molecular complexity index is 619. The number of hydrogen-bond acceptors (Lipinski definition) is 3. The van der Waals surface area contributed by atoms with Crippen LogP contribution in [-0.2, 0) is 0 Å². The molecule has 1 fully saturated rings. The van der Waals surface area contributed by atoms with E-state index < -0.39 is 0 Å². The first-order valence-corrected chi connectivity index (χ1v) is 6.53. The van der Waals surface area contributed by atoms with Crippen molar-refractivity contribution in [3.05, 3.63) is 33.9 Å². The van der Waals surface area contributed by atoms with E-state index in [4.69, 9.17) is 5.73 Å². The van der Waals surface area contributed by atoms with E-state index in [2.05, 4.69) is 10.1 Å². The number of aromatic amines is 1. The van der Waals surface area contributed by atoms with Crippen LogP contribution in [-0.4, -0.2) is 14.6 Å². The summed E-state index contributed by atoms with van der Waals surface area (Å²) in [5, 5.41) is 3.17. The van der Waals surface area contributed by atoms with Gasteiger partial charge in [0.15, 0.2) is 5.65 Å². The van der Waals surface area contributed by atoms with Crippen molar-refractivity contribution < 1.29 is 0 Å². The van der Waals surface area contributed by atoms with Gasteiger partial charge in [-0.05, 0) is 19.8 Å². The standard InChI is InChI=1S/C13H18N4O/c1-8(14)10-7-13(18)17-12(15-10)6-11(16-17)9-4-2-3-5-9/h6-9,16H,2-5,14H2,1H3. The zero-order valence-electron chi connectivity index (χ0n) is 10.5. The van der Waals surface area contributed by atoms with Gasteiger partial charge in [0.1, 0.15) is 0 Å². The SMILES string of the molecule is CC(N)c1cc(=O)n2[nH]c(C3CCCC3)cc2n1. The second kappa shape index (κ2) is 4.24. The van der Waals surface area contributed by atoms with Crippen LogP contribution in [0.3, 0.4) is 0 Å². The summed E-state index contributed by atoms with van der Waals surface area (Å²) in [7, 11) is 0. The summed E-state index contributed by atoms with van der Waals surface area (Å²) in [6.45, 7) is 1.84. The topological polar surface area (TPSA) is 76.2 Å². The highest BCUT2D eigenvalue weighted by Crippen LogP contribution is 2.33. The van der Waals surface area contributed by atoms with E-state index in [9.17, 15) is 4.79 Å². The van der Waals surface area contributed by atoms with Crippen molar-refractivity contribution >= 4 is 5.65 Å². The minimum absolute atomic E-state index is 0.0865. The molecule has 0 aromatic carbocycles. The van der Waals surface area contributed by atoms with Gasteiger partial charge in [-0.25, -0.2) is 9.50 Å². The molecule has 18 heavy (non-hydrogen) atoms. The Morgan fingerprint density at radius 1 is 1.44 bits per heavy atom. The monoisotopic (exact) mass is 246 g/mol. The number of nitrogens with two attached hydrogens (primary N) is 1. The third-order valence-corrected chi connectivity index (χ3v) is 3.75. The minimum atomic E-state index is -0.215. The smallest absolute Gasteiger partial charge is 0.272 e. The Balaban J connectivity index is 2.10. The summed E-state index contributed by atoms with van der Waals surface area (Å²) in [6, 6.07) is 3.28. The number of nitrogens with one attached hydrogen (secondary N) is 1. The van der Waals surface area contributed by atoms with E-state index >= 15 is 0 Å². The molecule has 0 bridgehead atoms. The van der Waals surface area contributed by atoms with Crippen LogP contribution >= 0.6 is 0 Å². The Morgan fingerprint density at radius 2 is 2.17 bits per heavy atom. The third-order valence-electron chi connectivity index (χ3n) is 3.75. The lowest BCUT2D eigenvalue weighted by Gasteiger charge is -2.04. The highest BCUT2D eigenvalue weighted by molar-refractivity contribution is 5.41. The molecule has 3 N–H and O–H groups in total. The predicted molar refractivity (Wildman–Crippen MR) is 69.6 cm³/mol. The molecule has 5 nitrogen and oxygen atoms in total. The van der Waals surface area contributed by atoms with E-state index in [-0.39, 0.29) is 11.6 Å². The molecule has 1 saturated carbocycles. The highest BCUT2D eigenvalue weighted by atomic mass is 16.1. The summed E-state index contributed by atoms with van der Waals surface area (Å²) < 4.78 is 1.51. The van der Waals surface area contributed by atoms with E-state index in [0.717, 1.165) is 5.69 Å². The second-order valence-corrected chi connectivity index (χ2v) is 5.19. The lowest BCUT2D eigenvalue weighted by Crippen LogP contribution is -2.19. The van der Waals surface area contributed by atoms with Crippen molar-refractivity contribution in [2.45, 2.75) is 44.6 Å². The molecule has 5 heteroatoms. The second-order valence-electron chi connectivity index (χ2n) is 5.19. The quantitative estimate of drug-likeness (QED) is 0.846. The van der Waals surface area contributed by atoms with Crippen LogP contribution in [0.1, 0.15) is 56.0 Å². The van der Waals surface area contributed by atoms with E-state index in [1.54, 1.807) is 0 Å². The number of rotatable bonds is 2. The van der Waals surface area contributed by atoms with Gasteiger partial charge >= 0.3 is 0 Å². The van der Waals surface area contributed by atoms with Crippen LogP contribution in [0.15, 0.2) is 16.9 Å². The van der Waals surface area contributed by atoms with Crippen molar-refractivity contribution in [3.8, 4) is 0 Å². The first-order valence-electron chi connectivity index (χ1n) is 6.53. The van der Waals surface area contributed by atoms with Gasteiger partial charge in [-0.1, -0.05) is 12.8 Å².